The van der Waals surface area contributed by atoms with Crippen molar-refractivity contribution in [3.8, 4) is 0 Å². The average Bonchev–Trinajstić information content (AvgIpc) is 2.19. The molecule has 0 aliphatic carbocycles. The fraction of sp³-hybridized carbons (Fsp3) is 0.417. The van der Waals surface area contributed by atoms with E-state index in [0.717, 1.165) is 13.0 Å². The van der Waals surface area contributed by atoms with Crippen molar-refractivity contribution in [2.75, 3.05) is 6.54 Å². The van der Waals surface area contributed by atoms with Gasteiger partial charge < -0.3 is 5.32 Å². The number of rotatable bonds is 5. The van der Waals surface area contributed by atoms with Gasteiger partial charge in [0.05, 0.1) is 6.54 Å². The Labute approximate surface area is 85.3 Å². The first-order valence-corrected chi connectivity index (χ1v) is 5.08. The van der Waals surface area contributed by atoms with Crippen molar-refractivity contribution in [1.29, 1.82) is 0 Å². The standard InChI is InChI=1S/C12H17NO/c1-10(11(2)14)13-9-8-12-6-4-3-5-7-12/h3-7,10,13H,8-9H2,1-2H3/p+1. The van der Waals surface area contributed by atoms with Gasteiger partial charge in [-0.25, -0.2) is 0 Å². The van der Waals surface area contributed by atoms with E-state index in [4.69, 9.17) is 0 Å². The topological polar surface area (TPSA) is 33.7 Å². The van der Waals surface area contributed by atoms with Crippen molar-refractivity contribution in [1.82, 2.24) is 0 Å². The summed E-state index contributed by atoms with van der Waals surface area (Å²) in [5.74, 6) is 0.248. The molecule has 76 valence electrons. The number of benzene rings is 1. The molecule has 0 saturated heterocycles. The SMILES string of the molecule is CC(=O)C(C)[NH2+]CCc1ccccc1. The second-order valence-corrected chi connectivity index (χ2v) is 3.66. The maximum Gasteiger partial charge on any atom is 0.186 e. The Morgan fingerprint density at radius 2 is 2.00 bits per heavy atom. The number of hydrogen-bond acceptors (Lipinski definition) is 1. The van der Waals surface area contributed by atoms with Gasteiger partial charge in [-0.3, -0.25) is 4.79 Å². The first-order chi connectivity index (χ1) is 6.70. The van der Waals surface area contributed by atoms with E-state index >= 15 is 0 Å². The van der Waals surface area contributed by atoms with E-state index in [0.29, 0.717) is 0 Å². The van der Waals surface area contributed by atoms with E-state index in [1.165, 1.54) is 5.56 Å². The summed E-state index contributed by atoms with van der Waals surface area (Å²) in [5.41, 5.74) is 1.33. The number of carbonyl (C=O) groups excluding carboxylic acids is 1. The third-order valence-corrected chi connectivity index (χ3v) is 2.44. The minimum atomic E-state index is 0.0960. The number of carbonyl (C=O) groups is 1. The van der Waals surface area contributed by atoms with Crippen LogP contribution >= 0.6 is 0 Å². The van der Waals surface area contributed by atoms with Crippen molar-refractivity contribution in [3.05, 3.63) is 35.9 Å². The molecule has 1 unspecified atom stereocenters. The van der Waals surface area contributed by atoms with E-state index in [1.54, 1.807) is 6.92 Å². The fourth-order valence-corrected chi connectivity index (χ4v) is 1.31. The lowest BCUT2D eigenvalue weighted by atomic mass is 10.1. The van der Waals surface area contributed by atoms with Crippen LogP contribution in [0.2, 0.25) is 0 Å². The van der Waals surface area contributed by atoms with Crippen molar-refractivity contribution in [2.45, 2.75) is 26.3 Å². The summed E-state index contributed by atoms with van der Waals surface area (Å²) in [4.78, 5) is 11.0. The Hall–Kier alpha value is -1.15. The average molecular weight is 192 g/mol. The van der Waals surface area contributed by atoms with Crippen LogP contribution in [0.1, 0.15) is 19.4 Å². The van der Waals surface area contributed by atoms with Crippen LogP contribution in [0, 0.1) is 0 Å². The highest BCUT2D eigenvalue weighted by Gasteiger charge is 2.08. The summed E-state index contributed by atoms with van der Waals surface area (Å²) in [5, 5.41) is 2.09. The Kier molecular flexibility index (Phi) is 4.33. The molecule has 1 rings (SSSR count). The number of Topliss-reactive ketones (excluding diaryl/α,β-unsaturated/α-hetero) is 1. The van der Waals surface area contributed by atoms with Gasteiger partial charge in [-0.05, 0) is 12.5 Å². The van der Waals surface area contributed by atoms with E-state index in [9.17, 15) is 4.79 Å². The molecule has 0 aliphatic heterocycles. The molecule has 0 saturated carbocycles. The number of quaternary nitrogens is 1. The summed E-state index contributed by atoms with van der Waals surface area (Å²) in [6.07, 6.45) is 1.03. The maximum atomic E-state index is 11.0. The van der Waals surface area contributed by atoms with E-state index < -0.39 is 0 Å². The first-order valence-electron chi connectivity index (χ1n) is 5.08. The van der Waals surface area contributed by atoms with Gasteiger partial charge in [0.15, 0.2) is 5.78 Å². The van der Waals surface area contributed by atoms with Crippen LogP contribution in [0.15, 0.2) is 30.3 Å². The minimum Gasteiger partial charge on any atom is -0.338 e. The molecule has 0 amide bonds. The molecule has 14 heavy (non-hydrogen) atoms. The van der Waals surface area contributed by atoms with E-state index in [1.807, 2.05) is 25.1 Å². The van der Waals surface area contributed by atoms with Crippen LogP contribution in [-0.2, 0) is 11.2 Å². The zero-order chi connectivity index (χ0) is 10.4. The molecule has 1 atom stereocenters. The summed E-state index contributed by atoms with van der Waals surface area (Å²) >= 11 is 0. The Morgan fingerprint density at radius 3 is 2.57 bits per heavy atom. The number of hydrogen-bond donors (Lipinski definition) is 1. The molecule has 2 heteroatoms. The third kappa shape index (κ3) is 3.71. The van der Waals surface area contributed by atoms with E-state index in [-0.39, 0.29) is 11.8 Å². The third-order valence-electron chi connectivity index (χ3n) is 2.44. The van der Waals surface area contributed by atoms with Gasteiger partial charge in [-0.2, -0.15) is 0 Å². The van der Waals surface area contributed by atoms with Crippen LogP contribution in [0.25, 0.3) is 0 Å². The van der Waals surface area contributed by atoms with Crippen molar-refractivity contribution in [2.24, 2.45) is 0 Å². The molecular formula is C12H18NO+. The van der Waals surface area contributed by atoms with Gasteiger partial charge in [-0.1, -0.05) is 30.3 Å². The quantitative estimate of drug-likeness (QED) is 0.734. The smallest absolute Gasteiger partial charge is 0.186 e. The van der Waals surface area contributed by atoms with Crippen LogP contribution in [-0.4, -0.2) is 18.4 Å². The second-order valence-electron chi connectivity index (χ2n) is 3.66. The lowest BCUT2D eigenvalue weighted by Crippen LogP contribution is -2.91. The van der Waals surface area contributed by atoms with Gasteiger partial charge in [-0.15, -0.1) is 0 Å². The molecule has 0 aliphatic rings. The van der Waals surface area contributed by atoms with Crippen molar-refractivity contribution >= 4 is 5.78 Å². The Balaban J connectivity index is 2.26. The molecule has 0 spiro atoms. The zero-order valence-corrected chi connectivity index (χ0v) is 8.86. The van der Waals surface area contributed by atoms with Gasteiger partial charge in [0.2, 0.25) is 0 Å². The van der Waals surface area contributed by atoms with E-state index in [2.05, 4.69) is 17.4 Å². The van der Waals surface area contributed by atoms with Crippen LogP contribution in [0.4, 0.5) is 0 Å². The molecule has 2 nitrogen and oxygen atoms in total. The molecule has 0 radical (unpaired) electrons. The zero-order valence-electron chi connectivity index (χ0n) is 8.86. The minimum absolute atomic E-state index is 0.0960. The molecular weight excluding hydrogens is 174 g/mol. The summed E-state index contributed by atoms with van der Waals surface area (Å²) in [7, 11) is 0. The monoisotopic (exact) mass is 192 g/mol. The van der Waals surface area contributed by atoms with Crippen molar-refractivity contribution in [3.63, 3.8) is 0 Å². The lowest BCUT2D eigenvalue weighted by molar-refractivity contribution is -0.672. The number of nitrogens with two attached hydrogens (primary N) is 1. The largest absolute Gasteiger partial charge is 0.338 e. The molecule has 0 bridgehead atoms. The second kappa shape index (κ2) is 5.55. The fourth-order valence-electron chi connectivity index (χ4n) is 1.31. The Bertz CT molecular complexity index is 282. The van der Waals surface area contributed by atoms with Gasteiger partial charge >= 0.3 is 0 Å². The summed E-state index contributed by atoms with van der Waals surface area (Å²) < 4.78 is 0. The van der Waals surface area contributed by atoms with Gasteiger partial charge in [0, 0.05) is 13.3 Å². The molecule has 1 aromatic carbocycles. The van der Waals surface area contributed by atoms with Crippen LogP contribution in [0.3, 0.4) is 0 Å². The molecule has 0 aromatic heterocycles. The molecule has 2 N–H and O–H groups in total. The lowest BCUT2D eigenvalue weighted by Gasteiger charge is -2.06. The molecule has 0 fully saturated rings. The summed E-state index contributed by atoms with van der Waals surface area (Å²) in [6.45, 7) is 4.57. The number of ketones is 1. The summed E-state index contributed by atoms with van der Waals surface area (Å²) in [6, 6.07) is 10.4. The predicted molar refractivity (Wildman–Crippen MR) is 57.1 cm³/mol. The van der Waals surface area contributed by atoms with Gasteiger partial charge in [0.25, 0.3) is 0 Å². The van der Waals surface area contributed by atoms with Crippen LogP contribution < -0.4 is 5.32 Å². The maximum absolute atomic E-state index is 11.0. The van der Waals surface area contributed by atoms with Crippen molar-refractivity contribution < 1.29 is 10.1 Å². The Morgan fingerprint density at radius 1 is 1.36 bits per heavy atom. The highest BCUT2D eigenvalue weighted by Crippen LogP contribution is 1.97. The van der Waals surface area contributed by atoms with Gasteiger partial charge in [0.1, 0.15) is 6.04 Å². The highest BCUT2D eigenvalue weighted by atomic mass is 16.1. The molecule has 0 heterocycles. The first kappa shape index (κ1) is 10.9. The molecule has 1 aromatic rings. The van der Waals surface area contributed by atoms with Crippen LogP contribution in [0.5, 0.6) is 0 Å². The predicted octanol–water partition coefficient (Wildman–Crippen LogP) is 0.770. The normalized spacial score (nSPS) is 12.4. The highest BCUT2D eigenvalue weighted by molar-refractivity contribution is 5.79.